The van der Waals surface area contributed by atoms with Gasteiger partial charge in [-0.15, -0.1) is 0 Å². The second-order valence-corrected chi connectivity index (χ2v) is 6.88. The quantitative estimate of drug-likeness (QED) is 0.640. The van der Waals surface area contributed by atoms with Crippen molar-refractivity contribution in [3.63, 3.8) is 0 Å². The highest BCUT2D eigenvalue weighted by Crippen LogP contribution is 2.35. The number of halogens is 1. The summed E-state index contributed by atoms with van der Waals surface area (Å²) in [5.74, 6) is 2.61. The van der Waals surface area contributed by atoms with Crippen molar-refractivity contribution in [2.75, 3.05) is 17.4 Å². The van der Waals surface area contributed by atoms with Crippen molar-refractivity contribution in [2.24, 2.45) is 0 Å². The summed E-state index contributed by atoms with van der Waals surface area (Å²) in [5.41, 5.74) is 4.64. The Morgan fingerprint density at radius 1 is 0.926 bits per heavy atom. The van der Waals surface area contributed by atoms with E-state index in [1.807, 2.05) is 51.1 Å². The number of aromatic nitrogens is 2. The highest BCUT2D eigenvalue weighted by molar-refractivity contribution is 6.33. The fourth-order valence-electron chi connectivity index (χ4n) is 3.00. The third-order valence-corrected chi connectivity index (χ3v) is 4.47. The number of fused-ring (bicyclic) bond motifs is 1. The van der Waals surface area contributed by atoms with Crippen molar-refractivity contribution in [1.29, 1.82) is 0 Å². The van der Waals surface area contributed by atoms with Crippen molar-refractivity contribution < 1.29 is 9.47 Å². The second-order valence-electron chi connectivity index (χ2n) is 6.47. The minimum absolute atomic E-state index is 0.246. The standard InChI is InChI=1S/C20H19ClN4O2/c1-11-6-12(2)19(15(21)7-11)25-20-22-13(3)8-18(24-20)23-14-4-5-16-17(9-14)27-10-26-16/h4-9H,10H2,1-3H3,(H2,22,23,24,25). The SMILES string of the molecule is Cc1cc(C)c(Nc2nc(C)cc(Nc3ccc4c(c3)OCO4)n2)c(Cl)c1. The molecule has 0 unspecified atom stereocenters. The zero-order chi connectivity index (χ0) is 19.0. The Kier molecular flexibility index (Phi) is 4.49. The van der Waals surface area contributed by atoms with Gasteiger partial charge in [0.05, 0.1) is 10.7 Å². The summed E-state index contributed by atoms with van der Waals surface area (Å²) in [6.07, 6.45) is 0. The van der Waals surface area contributed by atoms with Crippen molar-refractivity contribution >= 4 is 34.7 Å². The molecule has 1 aliphatic heterocycles. The molecule has 4 rings (SSSR count). The average molecular weight is 383 g/mol. The zero-order valence-corrected chi connectivity index (χ0v) is 16.0. The number of ether oxygens (including phenoxy) is 2. The molecule has 0 spiro atoms. The van der Waals surface area contributed by atoms with Crippen LogP contribution in [0.25, 0.3) is 0 Å². The van der Waals surface area contributed by atoms with E-state index in [4.69, 9.17) is 21.1 Å². The second kappa shape index (κ2) is 6.96. The fraction of sp³-hybridized carbons (Fsp3) is 0.200. The lowest BCUT2D eigenvalue weighted by atomic mass is 10.1. The molecule has 0 fully saturated rings. The molecule has 2 N–H and O–H groups in total. The lowest BCUT2D eigenvalue weighted by Crippen LogP contribution is -2.04. The minimum atomic E-state index is 0.246. The van der Waals surface area contributed by atoms with Crippen LogP contribution in [0.2, 0.25) is 5.02 Å². The van der Waals surface area contributed by atoms with Crippen LogP contribution in [0.1, 0.15) is 16.8 Å². The number of hydrogen-bond acceptors (Lipinski definition) is 6. The number of hydrogen-bond donors (Lipinski definition) is 2. The predicted molar refractivity (Wildman–Crippen MR) is 107 cm³/mol. The monoisotopic (exact) mass is 382 g/mol. The highest BCUT2D eigenvalue weighted by atomic mass is 35.5. The topological polar surface area (TPSA) is 68.3 Å². The first-order valence-corrected chi connectivity index (χ1v) is 8.92. The molecule has 0 radical (unpaired) electrons. The number of nitrogens with one attached hydrogen (secondary N) is 2. The molecule has 0 atom stereocenters. The molecule has 0 amide bonds. The van der Waals surface area contributed by atoms with Crippen LogP contribution in [-0.4, -0.2) is 16.8 Å². The molecule has 0 aliphatic carbocycles. The Morgan fingerprint density at radius 3 is 2.56 bits per heavy atom. The van der Waals surface area contributed by atoms with E-state index in [2.05, 4.69) is 26.7 Å². The molecule has 0 bridgehead atoms. The molecule has 2 aromatic carbocycles. The van der Waals surface area contributed by atoms with E-state index in [1.165, 1.54) is 0 Å². The van der Waals surface area contributed by atoms with Gasteiger partial charge in [0.25, 0.3) is 0 Å². The zero-order valence-electron chi connectivity index (χ0n) is 15.3. The Hall–Kier alpha value is -2.99. The first-order chi connectivity index (χ1) is 13.0. The van der Waals surface area contributed by atoms with Crippen LogP contribution in [-0.2, 0) is 0 Å². The van der Waals surface area contributed by atoms with Gasteiger partial charge < -0.3 is 20.1 Å². The molecule has 2 heterocycles. The van der Waals surface area contributed by atoms with Crippen LogP contribution in [0, 0.1) is 20.8 Å². The fourth-order valence-corrected chi connectivity index (χ4v) is 3.36. The van der Waals surface area contributed by atoms with E-state index in [0.717, 1.165) is 33.9 Å². The third kappa shape index (κ3) is 3.75. The molecule has 3 aromatic rings. The van der Waals surface area contributed by atoms with Crippen molar-refractivity contribution in [2.45, 2.75) is 20.8 Å². The number of benzene rings is 2. The van der Waals surface area contributed by atoms with Crippen LogP contribution < -0.4 is 20.1 Å². The van der Waals surface area contributed by atoms with Crippen molar-refractivity contribution in [3.8, 4) is 11.5 Å². The Morgan fingerprint density at radius 2 is 1.74 bits per heavy atom. The number of nitrogens with zero attached hydrogens (tertiary/aromatic N) is 2. The number of anilines is 4. The van der Waals surface area contributed by atoms with Gasteiger partial charge in [-0.2, -0.15) is 4.98 Å². The van der Waals surface area contributed by atoms with E-state index in [0.29, 0.717) is 22.5 Å². The maximum absolute atomic E-state index is 6.39. The van der Waals surface area contributed by atoms with Crippen LogP contribution in [0.15, 0.2) is 36.4 Å². The summed E-state index contributed by atoms with van der Waals surface area (Å²) < 4.78 is 10.8. The summed E-state index contributed by atoms with van der Waals surface area (Å²) >= 11 is 6.39. The van der Waals surface area contributed by atoms with Crippen LogP contribution in [0.3, 0.4) is 0 Å². The van der Waals surface area contributed by atoms with Gasteiger partial charge in [0.15, 0.2) is 11.5 Å². The molecule has 7 heteroatoms. The molecule has 1 aromatic heterocycles. The average Bonchev–Trinajstić information content (AvgIpc) is 3.05. The first kappa shape index (κ1) is 17.4. The summed E-state index contributed by atoms with van der Waals surface area (Å²) in [4.78, 5) is 9.03. The van der Waals surface area contributed by atoms with Gasteiger partial charge in [-0.1, -0.05) is 17.7 Å². The molecule has 1 aliphatic rings. The molecule has 27 heavy (non-hydrogen) atoms. The van der Waals surface area contributed by atoms with Gasteiger partial charge in [0, 0.05) is 23.5 Å². The Bertz CT molecular complexity index is 1000. The van der Waals surface area contributed by atoms with E-state index in [1.54, 1.807) is 0 Å². The molecule has 0 saturated heterocycles. The van der Waals surface area contributed by atoms with Crippen LogP contribution >= 0.6 is 11.6 Å². The van der Waals surface area contributed by atoms with Gasteiger partial charge in [-0.3, -0.25) is 0 Å². The maximum Gasteiger partial charge on any atom is 0.231 e. The lowest BCUT2D eigenvalue weighted by molar-refractivity contribution is 0.174. The Labute approximate surface area is 162 Å². The van der Waals surface area contributed by atoms with E-state index < -0.39 is 0 Å². The normalized spacial score (nSPS) is 12.1. The third-order valence-electron chi connectivity index (χ3n) is 4.17. The number of aryl methyl sites for hydroxylation is 3. The van der Waals surface area contributed by atoms with Crippen LogP contribution in [0.5, 0.6) is 11.5 Å². The van der Waals surface area contributed by atoms with Gasteiger partial charge in [-0.05, 0) is 50.1 Å². The van der Waals surface area contributed by atoms with E-state index in [-0.39, 0.29) is 6.79 Å². The van der Waals surface area contributed by atoms with Crippen molar-refractivity contribution in [1.82, 2.24) is 9.97 Å². The van der Waals surface area contributed by atoms with Gasteiger partial charge in [0.1, 0.15) is 5.82 Å². The predicted octanol–water partition coefficient (Wildman–Crippen LogP) is 5.27. The van der Waals surface area contributed by atoms with Crippen LogP contribution in [0.4, 0.5) is 23.1 Å². The summed E-state index contributed by atoms with van der Waals surface area (Å²) in [6, 6.07) is 11.5. The van der Waals surface area contributed by atoms with Gasteiger partial charge >= 0.3 is 0 Å². The molecule has 0 saturated carbocycles. The van der Waals surface area contributed by atoms with E-state index >= 15 is 0 Å². The number of rotatable bonds is 4. The molecular formula is C20H19ClN4O2. The van der Waals surface area contributed by atoms with Gasteiger partial charge in [0.2, 0.25) is 12.7 Å². The summed E-state index contributed by atoms with van der Waals surface area (Å²) in [6.45, 7) is 6.18. The Balaban J connectivity index is 1.60. The molecular weight excluding hydrogens is 364 g/mol. The molecule has 6 nitrogen and oxygen atoms in total. The first-order valence-electron chi connectivity index (χ1n) is 8.54. The largest absolute Gasteiger partial charge is 0.454 e. The summed E-state index contributed by atoms with van der Waals surface area (Å²) in [7, 11) is 0. The lowest BCUT2D eigenvalue weighted by Gasteiger charge is -2.13. The smallest absolute Gasteiger partial charge is 0.231 e. The summed E-state index contributed by atoms with van der Waals surface area (Å²) in [5, 5.41) is 7.16. The van der Waals surface area contributed by atoms with E-state index in [9.17, 15) is 0 Å². The molecule has 138 valence electrons. The highest BCUT2D eigenvalue weighted by Gasteiger charge is 2.14. The minimum Gasteiger partial charge on any atom is -0.454 e. The van der Waals surface area contributed by atoms with Crippen molar-refractivity contribution in [3.05, 3.63) is 58.2 Å². The maximum atomic E-state index is 6.39. The van der Waals surface area contributed by atoms with Gasteiger partial charge in [-0.25, -0.2) is 4.98 Å².